The van der Waals surface area contributed by atoms with Crippen LogP contribution in [0.15, 0.2) is 130 Å². The van der Waals surface area contributed by atoms with Gasteiger partial charge in [-0.25, -0.2) is 0 Å². The lowest BCUT2D eigenvalue weighted by atomic mass is 9.67. The standard InChI is InChI=1S/C40H56O2/c1-29(17-13-19-31(3)21-23-37-33(5)25-35(41)27-39(37,7)8)15-11-12-16-30(2)18-14-20-32(4)22-24-38-34(6)26-36(42)28-40(38,9)10/h11-25,35-37,41-42H,26-28H2,1-10H3/b12-11+,17-13+,18-14+,23-21+,24-22+,29-15+,30-16+,31-19+,32-20+/t35-,36-,37-/m0/s1. The van der Waals surface area contributed by atoms with E-state index in [0.717, 1.165) is 19.3 Å². The highest BCUT2D eigenvalue weighted by molar-refractivity contribution is 5.38. The van der Waals surface area contributed by atoms with E-state index in [9.17, 15) is 10.2 Å². The van der Waals surface area contributed by atoms with Gasteiger partial charge in [-0.3, -0.25) is 0 Å². The van der Waals surface area contributed by atoms with E-state index in [1.807, 2.05) is 6.08 Å². The zero-order valence-corrected chi connectivity index (χ0v) is 27.9. The Morgan fingerprint density at radius 3 is 1.74 bits per heavy atom. The maximum absolute atomic E-state index is 10.1. The molecule has 0 aliphatic heterocycles. The molecule has 0 amide bonds. The van der Waals surface area contributed by atoms with Crippen LogP contribution in [-0.4, -0.2) is 22.4 Å². The van der Waals surface area contributed by atoms with Crippen LogP contribution in [0.3, 0.4) is 0 Å². The van der Waals surface area contributed by atoms with Crippen molar-refractivity contribution in [1.29, 1.82) is 0 Å². The van der Waals surface area contributed by atoms with Gasteiger partial charge in [-0.05, 0) is 77.2 Å². The molecule has 2 heteroatoms. The van der Waals surface area contributed by atoms with Crippen LogP contribution < -0.4 is 0 Å². The Bertz CT molecular complexity index is 1270. The Morgan fingerprint density at radius 1 is 0.714 bits per heavy atom. The number of allylic oxidation sites excluding steroid dienone is 20. The minimum Gasteiger partial charge on any atom is -0.393 e. The largest absolute Gasteiger partial charge is 0.393 e. The van der Waals surface area contributed by atoms with Crippen LogP contribution in [0.5, 0.6) is 0 Å². The summed E-state index contributed by atoms with van der Waals surface area (Å²) in [5.74, 6) is 0.348. The van der Waals surface area contributed by atoms with E-state index in [-0.39, 0.29) is 23.0 Å². The molecule has 0 saturated carbocycles. The molecule has 2 aliphatic rings. The molecule has 228 valence electrons. The van der Waals surface area contributed by atoms with E-state index >= 15 is 0 Å². The van der Waals surface area contributed by atoms with Gasteiger partial charge in [0.25, 0.3) is 0 Å². The van der Waals surface area contributed by atoms with Gasteiger partial charge in [0.05, 0.1) is 12.2 Å². The molecule has 0 radical (unpaired) electrons. The minimum absolute atomic E-state index is 0.00528. The van der Waals surface area contributed by atoms with Crippen LogP contribution in [0.1, 0.15) is 88.5 Å². The number of rotatable bonds is 10. The van der Waals surface area contributed by atoms with E-state index in [1.54, 1.807) is 0 Å². The zero-order valence-electron chi connectivity index (χ0n) is 27.9. The summed E-state index contributed by atoms with van der Waals surface area (Å²) in [6.07, 6.45) is 33.8. The van der Waals surface area contributed by atoms with Crippen molar-refractivity contribution in [1.82, 2.24) is 0 Å². The van der Waals surface area contributed by atoms with Crippen LogP contribution in [-0.2, 0) is 0 Å². The molecule has 2 aliphatic carbocycles. The van der Waals surface area contributed by atoms with Crippen molar-refractivity contribution in [3.8, 4) is 0 Å². The van der Waals surface area contributed by atoms with Gasteiger partial charge < -0.3 is 10.2 Å². The fourth-order valence-corrected chi connectivity index (χ4v) is 6.14. The Morgan fingerprint density at radius 2 is 1.21 bits per heavy atom. The van der Waals surface area contributed by atoms with Crippen LogP contribution in [0.2, 0.25) is 0 Å². The molecule has 0 saturated heterocycles. The zero-order chi connectivity index (χ0) is 31.5. The monoisotopic (exact) mass is 568 g/mol. The molecule has 0 aromatic carbocycles. The second-order valence-corrected chi connectivity index (χ2v) is 13.7. The van der Waals surface area contributed by atoms with Crippen molar-refractivity contribution in [2.45, 2.75) is 101 Å². The van der Waals surface area contributed by atoms with E-state index in [0.29, 0.717) is 5.92 Å². The van der Waals surface area contributed by atoms with Crippen molar-refractivity contribution >= 4 is 0 Å². The Labute approximate surface area is 257 Å². The number of hydrogen-bond acceptors (Lipinski definition) is 2. The van der Waals surface area contributed by atoms with Crippen molar-refractivity contribution in [3.05, 3.63) is 130 Å². The van der Waals surface area contributed by atoms with Gasteiger partial charge in [-0.2, -0.15) is 0 Å². The summed E-state index contributed by atoms with van der Waals surface area (Å²) in [7, 11) is 0. The number of hydrogen-bond donors (Lipinski definition) is 2. The third-order valence-corrected chi connectivity index (χ3v) is 8.33. The first-order chi connectivity index (χ1) is 19.6. The fourth-order valence-electron chi connectivity index (χ4n) is 6.14. The van der Waals surface area contributed by atoms with Gasteiger partial charge in [0.2, 0.25) is 0 Å². The first-order valence-corrected chi connectivity index (χ1v) is 15.4. The van der Waals surface area contributed by atoms with Crippen LogP contribution in [0.4, 0.5) is 0 Å². The Hall–Kier alpha value is -2.94. The third kappa shape index (κ3) is 11.7. The first-order valence-electron chi connectivity index (χ1n) is 15.4. The highest BCUT2D eigenvalue weighted by Gasteiger charge is 2.34. The summed E-state index contributed by atoms with van der Waals surface area (Å²) < 4.78 is 0. The van der Waals surface area contributed by atoms with Gasteiger partial charge in [-0.15, -0.1) is 0 Å². The molecule has 0 aromatic heterocycles. The van der Waals surface area contributed by atoms with Crippen LogP contribution in [0.25, 0.3) is 0 Å². The molecule has 3 atom stereocenters. The minimum atomic E-state index is -0.331. The second kappa shape index (κ2) is 16.1. The Balaban J connectivity index is 1.90. The molecule has 0 unspecified atom stereocenters. The normalized spacial score (nSPS) is 26.6. The molecule has 2 nitrogen and oxygen atoms in total. The second-order valence-electron chi connectivity index (χ2n) is 13.7. The van der Waals surface area contributed by atoms with Crippen LogP contribution in [0, 0.1) is 16.7 Å². The molecule has 0 bridgehead atoms. The van der Waals surface area contributed by atoms with Crippen LogP contribution >= 0.6 is 0 Å². The fraction of sp³-hybridized carbons (Fsp3) is 0.450. The molecule has 0 aromatic rings. The lowest BCUT2D eigenvalue weighted by Gasteiger charge is -2.38. The quantitative estimate of drug-likeness (QED) is 0.203. The molecule has 0 heterocycles. The highest BCUT2D eigenvalue weighted by Crippen LogP contribution is 2.42. The molecular weight excluding hydrogens is 512 g/mol. The summed E-state index contributed by atoms with van der Waals surface area (Å²) in [4.78, 5) is 0. The highest BCUT2D eigenvalue weighted by atomic mass is 16.3. The molecule has 0 fully saturated rings. The van der Waals surface area contributed by atoms with E-state index < -0.39 is 0 Å². The predicted molar refractivity (Wildman–Crippen MR) is 184 cm³/mol. The molecule has 2 N–H and O–H groups in total. The summed E-state index contributed by atoms with van der Waals surface area (Å²) in [6.45, 7) is 21.6. The molecule has 0 spiro atoms. The summed E-state index contributed by atoms with van der Waals surface area (Å²) in [5.41, 5.74) is 8.73. The first kappa shape index (κ1) is 35.3. The maximum Gasteiger partial charge on any atom is 0.0729 e. The Kier molecular flexibility index (Phi) is 13.5. The summed E-state index contributed by atoms with van der Waals surface area (Å²) in [6, 6.07) is 0. The van der Waals surface area contributed by atoms with Gasteiger partial charge in [0, 0.05) is 5.92 Å². The lowest BCUT2D eigenvalue weighted by Crippen LogP contribution is -2.32. The van der Waals surface area contributed by atoms with Crippen molar-refractivity contribution < 1.29 is 10.2 Å². The smallest absolute Gasteiger partial charge is 0.0729 e. The summed E-state index contributed by atoms with van der Waals surface area (Å²) in [5, 5.41) is 20.2. The van der Waals surface area contributed by atoms with Gasteiger partial charge in [-0.1, -0.05) is 152 Å². The van der Waals surface area contributed by atoms with Crippen molar-refractivity contribution in [2.75, 3.05) is 0 Å². The molecule has 42 heavy (non-hydrogen) atoms. The number of aliphatic hydroxyl groups is 2. The topological polar surface area (TPSA) is 40.5 Å². The van der Waals surface area contributed by atoms with E-state index in [1.165, 1.54) is 39.0 Å². The average Bonchev–Trinajstić information content (AvgIpc) is 2.84. The third-order valence-electron chi connectivity index (χ3n) is 8.33. The molecule has 2 rings (SSSR count). The van der Waals surface area contributed by atoms with E-state index in [2.05, 4.69) is 154 Å². The van der Waals surface area contributed by atoms with Crippen molar-refractivity contribution in [3.63, 3.8) is 0 Å². The predicted octanol–water partition coefficient (Wildman–Crippen LogP) is 10.4. The van der Waals surface area contributed by atoms with Gasteiger partial charge in [0.1, 0.15) is 0 Å². The lowest BCUT2D eigenvalue weighted by molar-refractivity contribution is 0.116. The number of aliphatic hydroxyl groups excluding tert-OH is 2. The maximum atomic E-state index is 10.1. The van der Waals surface area contributed by atoms with Gasteiger partial charge >= 0.3 is 0 Å². The van der Waals surface area contributed by atoms with Gasteiger partial charge in [0.15, 0.2) is 0 Å². The average molecular weight is 569 g/mol. The van der Waals surface area contributed by atoms with Crippen molar-refractivity contribution in [2.24, 2.45) is 16.7 Å². The summed E-state index contributed by atoms with van der Waals surface area (Å²) >= 11 is 0. The van der Waals surface area contributed by atoms with E-state index in [4.69, 9.17) is 0 Å². The molecular formula is C40H56O2. The SMILES string of the molecule is CC1=C[C@H](O)CC(C)(C)[C@H]1/C=C/C(C)=C/C=C/C(C)=C/C=C/C=C(C)/C=C/C=C(C)/C=C/C1=C(C)C[C@H](O)CC1(C)C.